The molecular weight excluding hydrogens is 254 g/mol. The molecule has 0 aliphatic carbocycles. The second-order valence-corrected chi connectivity index (χ2v) is 5.48. The fraction of sp³-hybridized carbons (Fsp3) is 0.400. The quantitative estimate of drug-likeness (QED) is 0.907. The first kappa shape index (κ1) is 11.6. The average Bonchev–Trinajstić information content (AvgIpc) is 3.07. The van der Waals surface area contributed by atoms with E-state index in [1.54, 1.807) is 0 Å². The Hall–Kier alpha value is -2.17. The third-order valence-electron chi connectivity index (χ3n) is 4.21. The Balaban J connectivity index is 1.56. The molecule has 2 N–H and O–H groups in total. The SMILES string of the molecule is Nc1ncc2n1C[C@H](Cc1cccc3c1OCO3)CC2. The van der Waals surface area contributed by atoms with E-state index in [9.17, 15) is 0 Å². The molecule has 1 atom stereocenters. The highest BCUT2D eigenvalue weighted by atomic mass is 16.7. The van der Waals surface area contributed by atoms with Gasteiger partial charge in [-0.25, -0.2) is 4.98 Å². The van der Waals surface area contributed by atoms with E-state index in [0.717, 1.165) is 37.3 Å². The summed E-state index contributed by atoms with van der Waals surface area (Å²) in [5.74, 6) is 2.97. The summed E-state index contributed by atoms with van der Waals surface area (Å²) in [5.41, 5.74) is 8.39. The second kappa shape index (κ2) is 4.44. The highest BCUT2D eigenvalue weighted by Crippen LogP contribution is 2.37. The molecule has 0 fully saturated rings. The summed E-state index contributed by atoms with van der Waals surface area (Å²) in [5, 5.41) is 0. The molecule has 5 heteroatoms. The molecule has 0 amide bonds. The molecule has 0 bridgehead atoms. The van der Waals surface area contributed by atoms with Crippen molar-refractivity contribution in [2.45, 2.75) is 25.8 Å². The molecule has 4 rings (SSSR count). The number of aromatic nitrogens is 2. The monoisotopic (exact) mass is 271 g/mol. The van der Waals surface area contributed by atoms with Crippen LogP contribution >= 0.6 is 0 Å². The van der Waals surface area contributed by atoms with E-state index in [1.807, 2.05) is 18.3 Å². The third kappa shape index (κ3) is 1.81. The van der Waals surface area contributed by atoms with Gasteiger partial charge in [-0.15, -0.1) is 0 Å². The number of rotatable bonds is 2. The topological polar surface area (TPSA) is 62.3 Å². The van der Waals surface area contributed by atoms with E-state index in [1.165, 1.54) is 11.3 Å². The van der Waals surface area contributed by atoms with Gasteiger partial charge in [-0.3, -0.25) is 0 Å². The minimum absolute atomic E-state index is 0.329. The fourth-order valence-corrected chi connectivity index (χ4v) is 3.17. The molecule has 0 radical (unpaired) electrons. The molecule has 1 aromatic carbocycles. The zero-order valence-corrected chi connectivity index (χ0v) is 11.2. The number of anilines is 1. The van der Waals surface area contributed by atoms with Crippen molar-refractivity contribution in [1.82, 2.24) is 9.55 Å². The lowest BCUT2D eigenvalue weighted by Crippen LogP contribution is -2.22. The minimum Gasteiger partial charge on any atom is -0.454 e. The summed E-state index contributed by atoms with van der Waals surface area (Å²) in [6, 6.07) is 6.11. The van der Waals surface area contributed by atoms with Crippen LogP contribution in [0.4, 0.5) is 5.95 Å². The van der Waals surface area contributed by atoms with Crippen LogP contribution in [0.25, 0.3) is 0 Å². The molecule has 2 aliphatic heterocycles. The first-order valence-corrected chi connectivity index (χ1v) is 6.98. The number of aryl methyl sites for hydroxylation is 1. The van der Waals surface area contributed by atoms with Crippen LogP contribution in [0.1, 0.15) is 17.7 Å². The molecule has 0 unspecified atom stereocenters. The van der Waals surface area contributed by atoms with E-state index in [-0.39, 0.29) is 0 Å². The van der Waals surface area contributed by atoms with Gasteiger partial charge in [-0.1, -0.05) is 12.1 Å². The summed E-state index contributed by atoms with van der Waals surface area (Å²) >= 11 is 0. The van der Waals surface area contributed by atoms with Gasteiger partial charge in [-0.05, 0) is 36.8 Å². The Morgan fingerprint density at radius 3 is 3.25 bits per heavy atom. The number of benzene rings is 1. The maximum absolute atomic E-state index is 5.91. The number of hydrogen-bond acceptors (Lipinski definition) is 4. The van der Waals surface area contributed by atoms with Gasteiger partial charge in [-0.2, -0.15) is 0 Å². The molecule has 20 heavy (non-hydrogen) atoms. The van der Waals surface area contributed by atoms with Crippen molar-refractivity contribution in [3.05, 3.63) is 35.7 Å². The van der Waals surface area contributed by atoms with E-state index in [4.69, 9.17) is 15.2 Å². The van der Waals surface area contributed by atoms with Gasteiger partial charge < -0.3 is 19.8 Å². The molecule has 1 aromatic heterocycles. The summed E-state index contributed by atoms with van der Waals surface area (Å²) in [6.45, 7) is 1.27. The Labute approximate surface area is 117 Å². The molecule has 2 aliphatic rings. The van der Waals surface area contributed by atoms with Crippen LogP contribution in [-0.4, -0.2) is 16.3 Å². The summed E-state index contributed by atoms with van der Waals surface area (Å²) in [4.78, 5) is 4.19. The highest BCUT2D eigenvalue weighted by Gasteiger charge is 2.24. The Bertz CT molecular complexity index is 651. The number of fused-ring (bicyclic) bond motifs is 2. The first-order chi connectivity index (χ1) is 9.81. The first-order valence-electron chi connectivity index (χ1n) is 6.98. The van der Waals surface area contributed by atoms with Crippen LogP contribution in [0.15, 0.2) is 24.4 Å². The van der Waals surface area contributed by atoms with Crippen molar-refractivity contribution in [3.8, 4) is 11.5 Å². The Kier molecular flexibility index (Phi) is 2.58. The van der Waals surface area contributed by atoms with Crippen molar-refractivity contribution >= 4 is 5.95 Å². The number of imidazole rings is 1. The largest absolute Gasteiger partial charge is 0.454 e. The number of para-hydroxylation sites is 1. The lowest BCUT2D eigenvalue weighted by atomic mass is 9.91. The number of nitrogen functional groups attached to an aromatic ring is 1. The van der Waals surface area contributed by atoms with Crippen LogP contribution in [0.3, 0.4) is 0 Å². The number of nitrogens with two attached hydrogens (primary N) is 1. The van der Waals surface area contributed by atoms with Gasteiger partial charge in [0.2, 0.25) is 6.79 Å². The van der Waals surface area contributed by atoms with Crippen LogP contribution in [0.2, 0.25) is 0 Å². The molecule has 2 aromatic rings. The van der Waals surface area contributed by atoms with E-state index in [0.29, 0.717) is 18.7 Å². The van der Waals surface area contributed by atoms with Crippen LogP contribution in [-0.2, 0) is 19.4 Å². The maximum atomic E-state index is 5.91. The van der Waals surface area contributed by atoms with Crippen molar-refractivity contribution in [2.75, 3.05) is 12.5 Å². The number of hydrogen-bond donors (Lipinski definition) is 1. The van der Waals surface area contributed by atoms with Gasteiger partial charge in [0.25, 0.3) is 0 Å². The molecule has 0 spiro atoms. The van der Waals surface area contributed by atoms with E-state index >= 15 is 0 Å². The van der Waals surface area contributed by atoms with E-state index in [2.05, 4.69) is 15.6 Å². The smallest absolute Gasteiger partial charge is 0.231 e. The predicted octanol–water partition coefficient (Wildman–Crippen LogP) is 2.00. The molecule has 0 saturated carbocycles. The van der Waals surface area contributed by atoms with Crippen molar-refractivity contribution < 1.29 is 9.47 Å². The second-order valence-electron chi connectivity index (χ2n) is 5.48. The molecule has 5 nitrogen and oxygen atoms in total. The number of ether oxygens (including phenoxy) is 2. The van der Waals surface area contributed by atoms with Crippen LogP contribution < -0.4 is 15.2 Å². The predicted molar refractivity (Wildman–Crippen MR) is 74.7 cm³/mol. The maximum Gasteiger partial charge on any atom is 0.231 e. The molecular formula is C15H17N3O2. The van der Waals surface area contributed by atoms with Crippen molar-refractivity contribution in [2.24, 2.45) is 5.92 Å². The van der Waals surface area contributed by atoms with Crippen molar-refractivity contribution in [3.63, 3.8) is 0 Å². The van der Waals surface area contributed by atoms with Gasteiger partial charge in [0.1, 0.15) is 0 Å². The standard InChI is InChI=1S/C15H17N3O2/c16-15-17-7-12-5-4-10(8-18(12)15)6-11-2-1-3-13-14(11)20-9-19-13/h1-3,7,10H,4-6,8-9H2,(H2,16,17)/t10-/m0/s1. The van der Waals surface area contributed by atoms with Gasteiger partial charge >= 0.3 is 0 Å². The minimum atomic E-state index is 0.329. The number of nitrogens with zero attached hydrogens (tertiary/aromatic N) is 2. The zero-order chi connectivity index (χ0) is 13.5. The van der Waals surface area contributed by atoms with Crippen LogP contribution in [0.5, 0.6) is 11.5 Å². The summed E-state index contributed by atoms with van der Waals surface area (Å²) in [7, 11) is 0. The molecule has 3 heterocycles. The van der Waals surface area contributed by atoms with E-state index < -0.39 is 0 Å². The Morgan fingerprint density at radius 2 is 2.30 bits per heavy atom. The summed E-state index contributed by atoms with van der Waals surface area (Å²) in [6.07, 6.45) is 5.09. The Morgan fingerprint density at radius 1 is 1.35 bits per heavy atom. The lowest BCUT2D eigenvalue weighted by Gasteiger charge is -2.25. The fourth-order valence-electron chi connectivity index (χ4n) is 3.17. The third-order valence-corrected chi connectivity index (χ3v) is 4.21. The highest BCUT2D eigenvalue weighted by molar-refractivity contribution is 5.48. The van der Waals surface area contributed by atoms with Gasteiger partial charge in [0.15, 0.2) is 17.4 Å². The van der Waals surface area contributed by atoms with Crippen LogP contribution in [0, 0.1) is 5.92 Å². The molecule has 104 valence electrons. The summed E-state index contributed by atoms with van der Waals surface area (Å²) < 4.78 is 13.2. The average molecular weight is 271 g/mol. The zero-order valence-electron chi connectivity index (χ0n) is 11.2. The van der Waals surface area contributed by atoms with Gasteiger partial charge in [0.05, 0.1) is 6.20 Å². The van der Waals surface area contributed by atoms with Crippen molar-refractivity contribution in [1.29, 1.82) is 0 Å². The normalized spacial score (nSPS) is 19.9. The lowest BCUT2D eigenvalue weighted by molar-refractivity contribution is 0.173. The van der Waals surface area contributed by atoms with Gasteiger partial charge in [0, 0.05) is 12.2 Å². The molecule has 0 saturated heterocycles.